The third-order valence-electron chi connectivity index (χ3n) is 4.77. The highest BCUT2D eigenvalue weighted by Crippen LogP contribution is 2.35. The van der Waals surface area contributed by atoms with Gasteiger partial charge in [-0.25, -0.2) is 9.97 Å². The number of rotatable bonds is 3. The number of nitriles is 1. The maximum absolute atomic E-state index is 9.42. The third kappa shape index (κ3) is 2.83. The molecule has 1 aliphatic rings. The molecule has 4 rings (SSSR count). The van der Waals surface area contributed by atoms with Crippen molar-refractivity contribution in [1.82, 2.24) is 15.0 Å². The zero-order chi connectivity index (χ0) is 17.2. The molecule has 0 spiro atoms. The quantitative estimate of drug-likeness (QED) is 0.769. The van der Waals surface area contributed by atoms with Gasteiger partial charge in [0.1, 0.15) is 17.8 Å². The maximum atomic E-state index is 9.42. The Morgan fingerprint density at radius 2 is 2.28 bits per heavy atom. The number of aromatic amines is 1. The van der Waals surface area contributed by atoms with Crippen LogP contribution in [0.4, 0.5) is 5.82 Å². The fourth-order valence-electron chi connectivity index (χ4n) is 3.53. The molecule has 6 heteroatoms. The Bertz CT molecular complexity index is 942. The minimum absolute atomic E-state index is 0.00945. The fraction of sp³-hybridized carbons (Fsp3) is 0.316. The Morgan fingerprint density at radius 1 is 1.36 bits per heavy atom. The van der Waals surface area contributed by atoms with Gasteiger partial charge in [0.05, 0.1) is 24.0 Å². The summed E-state index contributed by atoms with van der Waals surface area (Å²) in [5, 5.41) is 19.7. The normalized spacial score (nSPS) is 17.6. The number of nitrogens with one attached hydrogen (secondary N) is 1. The van der Waals surface area contributed by atoms with E-state index in [9.17, 15) is 10.4 Å². The number of fused-ring (bicyclic) bond motifs is 1. The van der Waals surface area contributed by atoms with Crippen molar-refractivity contribution in [2.45, 2.75) is 19.4 Å². The Hall–Kier alpha value is -2.91. The molecule has 1 unspecified atom stereocenters. The Morgan fingerprint density at radius 3 is 3.12 bits per heavy atom. The van der Waals surface area contributed by atoms with Crippen LogP contribution in [0.25, 0.3) is 22.2 Å². The molecule has 0 aliphatic carbocycles. The molecular formula is C19H19N5O. The van der Waals surface area contributed by atoms with Crippen LogP contribution in [0.15, 0.2) is 36.8 Å². The monoisotopic (exact) mass is 333 g/mol. The Balaban J connectivity index is 1.83. The predicted octanol–water partition coefficient (Wildman–Crippen LogP) is 2.86. The molecule has 1 fully saturated rings. The summed E-state index contributed by atoms with van der Waals surface area (Å²) in [6, 6.07) is 10.2. The topological polar surface area (TPSA) is 88.8 Å². The molecule has 3 heterocycles. The van der Waals surface area contributed by atoms with Crippen molar-refractivity contribution in [2.75, 3.05) is 18.0 Å². The first-order valence-corrected chi connectivity index (χ1v) is 8.47. The number of H-pyrrole nitrogens is 1. The standard InChI is InChI=1S/C19H19N5O/c20-8-14-4-2-6-24(10-14)19-17-16(9-21-18(17)22-12-23-19)15-5-1-3-13(7-15)11-25/h1,3,5,7,9,12,14,25H,2,4,6,10-11H2,(H,21,22,23). The van der Waals surface area contributed by atoms with E-state index in [1.165, 1.54) is 0 Å². The van der Waals surface area contributed by atoms with Gasteiger partial charge in [-0.05, 0) is 30.0 Å². The van der Waals surface area contributed by atoms with Gasteiger partial charge in [0.15, 0.2) is 0 Å². The molecular weight excluding hydrogens is 314 g/mol. The average molecular weight is 333 g/mol. The second-order valence-electron chi connectivity index (χ2n) is 6.40. The molecule has 1 atom stereocenters. The van der Waals surface area contributed by atoms with E-state index < -0.39 is 0 Å². The Kier molecular flexibility index (Phi) is 4.08. The van der Waals surface area contributed by atoms with E-state index in [1.54, 1.807) is 6.33 Å². The van der Waals surface area contributed by atoms with Gasteiger partial charge in [0, 0.05) is 24.8 Å². The van der Waals surface area contributed by atoms with Gasteiger partial charge < -0.3 is 15.0 Å². The first-order valence-electron chi connectivity index (χ1n) is 8.47. The van der Waals surface area contributed by atoms with Crippen molar-refractivity contribution in [1.29, 1.82) is 5.26 Å². The third-order valence-corrected chi connectivity index (χ3v) is 4.77. The lowest BCUT2D eigenvalue weighted by Crippen LogP contribution is -2.35. The second-order valence-corrected chi connectivity index (χ2v) is 6.40. The minimum atomic E-state index is 0.00945. The molecule has 2 N–H and O–H groups in total. The summed E-state index contributed by atoms with van der Waals surface area (Å²) in [6.45, 7) is 1.60. The van der Waals surface area contributed by atoms with E-state index in [2.05, 4.69) is 25.9 Å². The number of piperidine rings is 1. The molecule has 0 radical (unpaired) electrons. The zero-order valence-corrected chi connectivity index (χ0v) is 13.8. The van der Waals surface area contributed by atoms with Crippen molar-refractivity contribution in [3.05, 3.63) is 42.4 Å². The highest BCUT2D eigenvalue weighted by molar-refractivity contribution is 6.01. The molecule has 6 nitrogen and oxygen atoms in total. The van der Waals surface area contributed by atoms with Crippen LogP contribution in [-0.4, -0.2) is 33.1 Å². The lowest BCUT2D eigenvalue weighted by molar-refractivity contribution is 0.282. The van der Waals surface area contributed by atoms with E-state index >= 15 is 0 Å². The van der Waals surface area contributed by atoms with Crippen LogP contribution in [0.2, 0.25) is 0 Å². The molecule has 0 saturated carbocycles. The lowest BCUT2D eigenvalue weighted by atomic mass is 9.98. The highest BCUT2D eigenvalue weighted by atomic mass is 16.3. The summed E-state index contributed by atoms with van der Waals surface area (Å²) in [7, 11) is 0. The van der Waals surface area contributed by atoms with Crippen molar-refractivity contribution in [3.63, 3.8) is 0 Å². The van der Waals surface area contributed by atoms with Gasteiger partial charge in [-0.1, -0.05) is 18.2 Å². The predicted molar refractivity (Wildman–Crippen MR) is 95.8 cm³/mol. The molecule has 1 aromatic carbocycles. The number of nitrogens with zero attached hydrogens (tertiary/aromatic N) is 4. The van der Waals surface area contributed by atoms with E-state index in [-0.39, 0.29) is 12.5 Å². The Labute approximate surface area is 145 Å². The van der Waals surface area contributed by atoms with Crippen LogP contribution in [0.1, 0.15) is 18.4 Å². The summed E-state index contributed by atoms with van der Waals surface area (Å²) in [5.41, 5.74) is 3.68. The number of hydrogen-bond donors (Lipinski definition) is 2. The molecule has 1 saturated heterocycles. The van der Waals surface area contributed by atoms with E-state index in [4.69, 9.17) is 0 Å². The van der Waals surface area contributed by atoms with Crippen molar-refractivity contribution < 1.29 is 5.11 Å². The molecule has 0 amide bonds. The number of aromatic nitrogens is 3. The van der Waals surface area contributed by atoms with Crippen LogP contribution < -0.4 is 4.90 Å². The summed E-state index contributed by atoms with van der Waals surface area (Å²) in [6.07, 6.45) is 5.44. The number of hydrogen-bond acceptors (Lipinski definition) is 5. The molecule has 25 heavy (non-hydrogen) atoms. The molecule has 1 aliphatic heterocycles. The maximum Gasteiger partial charge on any atom is 0.143 e. The van der Waals surface area contributed by atoms with Crippen LogP contribution in [0.5, 0.6) is 0 Å². The summed E-state index contributed by atoms with van der Waals surface area (Å²) in [5.74, 6) is 0.912. The van der Waals surface area contributed by atoms with E-state index in [0.29, 0.717) is 6.54 Å². The SMILES string of the molecule is N#CC1CCCN(c2ncnc3[nH]cc(-c4cccc(CO)c4)c23)C1. The van der Waals surface area contributed by atoms with Gasteiger partial charge in [0.25, 0.3) is 0 Å². The summed E-state index contributed by atoms with van der Waals surface area (Å²) in [4.78, 5) is 14.3. The van der Waals surface area contributed by atoms with Gasteiger partial charge in [-0.3, -0.25) is 0 Å². The largest absolute Gasteiger partial charge is 0.392 e. The van der Waals surface area contributed by atoms with Crippen LogP contribution in [0, 0.1) is 17.2 Å². The van der Waals surface area contributed by atoms with Crippen molar-refractivity contribution in [3.8, 4) is 17.2 Å². The second kappa shape index (κ2) is 6.54. The minimum Gasteiger partial charge on any atom is -0.392 e. The molecule has 0 bridgehead atoms. The number of anilines is 1. The summed E-state index contributed by atoms with van der Waals surface area (Å²) >= 11 is 0. The average Bonchev–Trinajstić information content (AvgIpc) is 3.12. The first kappa shape index (κ1) is 15.6. The van der Waals surface area contributed by atoms with E-state index in [1.807, 2.05) is 30.5 Å². The van der Waals surface area contributed by atoms with Crippen molar-refractivity contribution >= 4 is 16.9 Å². The van der Waals surface area contributed by atoms with E-state index in [0.717, 1.165) is 52.9 Å². The lowest BCUT2D eigenvalue weighted by Gasteiger charge is -2.31. The van der Waals surface area contributed by atoms with Crippen molar-refractivity contribution in [2.24, 2.45) is 5.92 Å². The van der Waals surface area contributed by atoms with Gasteiger partial charge in [-0.15, -0.1) is 0 Å². The van der Waals surface area contributed by atoms with Gasteiger partial charge in [0.2, 0.25) is 0 Å². The van der Waals surface area contributed by atoms with Gasteiger partial charge in [-0.2, -0.15) is 5.26 Å². The van der Waals surface area contributed by atoms with Crippen LogP contribution in [-0.2, 0) is 6.61 Å². The zero-order valence-electron chi connectivity index (χ0n) is 13.8. The highest BCUT2D eigenvalue weighted by Gasteiger charge is 2.24. The van der Waals surface area contributed by atoms with Gasteiger partial charge >= 0.3 is 0 Å². The summed E-state index contributed by atoms with van der Waals surface area (Å²) < 4.78 is 0. The molecule has 126 valence electrons. The molecule has 3 aromatic rings. The molecule has 2 aromatic heterocycles. The fourth-order valence-corrected chi connectivity index (χ4v) is 3.53. The van der Waals surface area contributed by atoms with Crippen LogP contribution in [0.3, 0.4) is 0 Å². The number of aliphatic hydroxyl groups is 1. The number of benzene rings is 1. The van der Waals surface area contributed by atoms with Crippen LogP contribution >= 0.6 is 0 Å². The first-order chi connectivity index (χ1) is 12.3. The smallest absolute Gasteiger partial charge is 0.143 e. The number of aliphatic hydroxyl groups excluding tert-OH is 1.